The highest BCUT2D eigenvalue weighted by molar-refractivity contribution is 7.09. The summed E-state index contributed by atoms with van der Waals surface area (Å²) in [6.45, 7) is 2.74. The van der Waals surface area contributed by atoms with Crippen LogP contribution in [-0.2, 0) is 13.0 Å². The third-order valence-corrected chi connectivity index (χ3v) is 3.03. The second-order valence-corrected chi connectivity index (χ2v) is 4.42. The summed E-state index contributed by atoms with van der Waals surface area (Å²) in [6, 6.07) is 1.90. The molecule has 0 bridgehead atoms. The lowest BCUT2D eigenvalue weighted by Crippen LogP contribution is -2.06. The molecule has 17 heavy (non-hydrogen) atoms. The van der Waals surface area contributed by atoms with Gasteiger partial charge in [-0.05, 0) is 0 Å². The van der Waals surface area contributed by atoms with Crippen LogP contribution in [0.1, 0.15) is 17.8 Å². The number of nitrogens with zero attached hydrogens (tertiary/aromatic N) is 3. The van der Waals surface area contributed by atoms with Crippen molar-refractivity contribution in [2.45, 2.75) is 19.9 Å². The van der Waals surface area contributed by atoms with Crippen molar-refractivity contribution in [3.05, 3.63) is 28.5 Å². The maximum absolute atomic E-state index is 4.41. The average molecular weight is 249 g/mol. The Balaban J connectivity index is 2.09. The van der Waals surface area contributed by atoms with Crippen LogP contribution in [0.3, 0.4) is 0 Å². The molecule has 0 saturated carbocycles. The lowest BCUT2D eigenvalue weighted by atomic mass is 10.4. The highest BCUT2D eigenvalue weighted by Crippen LogP contribution is 2.13. The van der Waals surface area contributed by atoms with Gasteiger partial charge >= 0.3 is 0 Å². The molecule has 0 amide bonds. The zero-order chi connectivity index (χ0) is 12.1. The van der Waals surface area contributed by atoms with Crippen LogP contribution in [0.2, 0.25) is 0 Å². The molecular formula is C11H15N5S. The van der Waals surface area contributed by atoms with E-state index in [-0.39, 0.29) is 0 Å². The Morgan fingerprint density at radius 3 is 2.76 bits per heavy atom. The number of anilines is 2. The average Bonchev–Trinajstić information content (AvgIpc) is 2.89. The van der Waals surface area contributed by atoms with E-state index in [1.807, 2.05) is 25.4 Å². The molecule has 2 heterocycles. The highest BCUT2D eigenvalue weighted by Gasteiger charge is 2.03. The van der Waals surface area contributed by atoms with Gasteiger partial charge in [-0.3, -0.25) is 0 Å². The van der Waals surface area contributed by atoms with Crippen molar-refractivity contribution in [3.8, 4) is 0 Å². The maximum atomic E-state index is 4.41. The quantitative estimate of drug-likeness (QED) is 0.850. The lowest BCUT2D eigenvalue weighted by Gasteiger charge is -2.07. The van der Waals surface area contributed by atoms with Gasteiger partial charge in [-0.1, -0.05) is 6.92 Å². The largest absolute Gasteiger partial charge is 0.373 e. The normalized spacial score (nSPS) is 10.2. The standard InChI is InChI=1S/C11H15N5S/c1-3-8-15-9(12-2)6-10(16-8)14-7-11-13-4-5-17-11/h4-6H,3,7H2,1-2H3,(H2,12,14,15,16). The molecule has 6 heteroatoms. The minimum absolute atomic E-state index is 0.695. The second-order valence-electron chi connectivity index (χ2n) is 3.44. The summed E-state index contributed by atoms with van der Waals surface area (Å²) < 4.78 is 0. The van der Waals surface area contributed by atoms with Crippen LogP contribution in [-0.4, -0.2) is 22.0 Å². The minimum atomic E-state index is 0.695. The van der Waals surface area contributed by atoms with Crippen LogP contribution in [0.15, 0.2) is 17.6 Å². The molecule has 0 atom stereocenters. The van der Waals surface area contributed by atoms with Gasteiger partial charge in [-0.15, -0.1) is 11.3 Å². The van der Waals surface area contributed by atoms with Crippen molar-refractivity contribution in [2.24, 2.45) is 0 Å². The van der Waals surface area contributed by atoms with Crippen molar-refractivity contribution < 1.29 is 0 Å². The Morgan fingerprint density at radius 1 is 1.29 bits per heavy atom. The summed E-state index contributed by atoms with van der Waals surface area (Å²) in [5.74, 6) is 2.49. The van der Waals surface area contributed by atoms with Crippen molar-refractivity contribution in [2.75, 3.05) is 17.7 Å². The molecule has 0 aliphatic heterocycles. The maximum Gasteiger partial charge on any atom is 0.132 e. The number of aryl methyl sites for hydroxylation is 1. The van der Waals surface area contributed by atoms with Crippen molar-refractivity contribution in [1.82, 2.24) is 15.0 Å². The van der Waals surface area contributed by atoms with Crippen LogP contribution >= 0.6 is 11.3 Å². The van der Waals surface area contributed by atoms with Crippen LogP contribution < -0.4 is 10.6 Å². The van der Waals surface area contributed by atoms with E-state index in [2.05, 4.69) is 25.6 Å². The fourth-order valence-electron chi connectivity index (χ4n) is 1.38. The van der Waals surface area contributed by atoms with Crippen molar-refractivity contribution >= 4 is 23.0 Å². The summed E-state index contributed by atoms with van der Waals surface area (Å²) in [5.41, 5.74) is 0. The molecule has 0 radical (unpaired) electrons. The van der Waals surface area contributed by atoms with Crippen LogP contribution in [0.25, 0.3) is 0 Å². The minimum Gasteiger partial charge on any atom is -0.373 e. The van der Waals surface area contributed by atoms with E-state index in [1.54, 1.807) is 17.5 Å². The number of nitrogens with one attached hydrogen (secondary N) is 2. The molecular weight excluding hydrogens is 234 g/mol. The lowest BCUT2D eigenvalue weighted by molar-refractivity contribution is 0.933. The summed E-state index contributed by atoms with van der Waals surface area (Å²) in [7, 11) is 1.85. The van der Waals surface area contributed by atoms with E-state index in [0.717, 1.165) is 28.9 Å². The summed E-state index contributed by atoms with van der Waals surface area (Å²) >= 11 is 1.63. The molecule has 0 aliphatic carbocycles. The Labute approximate surface area is 104 Å². The molecule has 90 valence electrons. The summed E-state index contributed by atoms with van der Waals surface area (Å²) in [4.78, 5) is 13.0. The van der Waals surface area contributed by atoms with Gasteiger partial charge in [0, 0.05) is 31.1 Å². The monoisotopic (exact) mass is 249 g/mol. The second kappa shape index (κ2) is 5.58. The van der Waals surface area contributed by atoms with Gasteiger partial charge in [0.05, 0.1) is 6.54 Å². The number of hydrogen-bond donors (Lipinski definition) is 2. The van der Waals surface area contributed by atoms with Gasteiger partial charge in [0.25, 0.3) is 0 Å². The molecule has 2 aromatic rings. The van der Waals surface area contributed by atoms with E-state index in [0.29, 0.717) is 6.54 Å². The van der Waals surface area contributed by atoms with Gasteiger partial charge in [-0.25, -0.2) is 15.0 Å². The Morgan fingerprint density at radius 2 is 2.12 bits per heavy atom. The first kappa shape index (κ1) is 11.8. The third kappa shape index (κ3) is 3.13. The first-order valence-corrected chi connectivity index (χ1v) is 6.37. The van der Waals surface area contributed by atoms with Crippen LogP contribution in [0.4, 0.5) is 11.6 Å². The van der Waals surface area contributed by atoms with Gasteiger partial charge in [-0.2, -0.15) is 0 Å². The molecule has 0 aromatic carbocycles. The van der Waals surface area contributed by atoms with E-state index >= 15 is 0 Å². The molecule has 0 unspecified atom stereocenters. The number of thiazole rings is 1. The predicted molar refractivity (Wildman–Crippen MR) is 70.4 cm³/mol. The van der Waals surface area contributed by atoms with Crippen molar-refractivity contribution in [1.29, 1.82) is 0 Å². The third-order valence-electron chi connectivity index (χ3n) is 2.25. The predicted octanol–water partition coefficient (Wildman–Crippen LogP) is 2.15. The molecule has 0 aliphatic rings. The molecule has 5 nitrogen and oxygen atoms in total. The topological polar surface area (TPSA) is 62.7 Å². The van der Waals surface area contributed by atoms with Gasteiger partial charge < -0.3 is 10.6 Å². The van der Waals surface area contributed by atoms with E-state index in [1.165, 1.54) is 0 Å². The fraction of sp³-hybridized carbons (Fsp3) is 0.364. The summed E-state index contributed by atoms with van der Waals surface area (Å²) in [6.07, 6.45) is 2.62. The van der Waals surface area contributed by atoms with Gasteiger partial charge in [0.2, 0.25) is 0 Å². The number of hydrogen-bond acceptors (Lipinski definition) is 6. The van der Waals surface area contributed by atoms with Crippen LogP contribution in [0.5, 0.6) is 0 Å². The molecule has 2 rings (SSSR count). The fourth-order valence-corrected chi connectivity index (χ4v) is 1.94. The molecule has 0 spiro atoms. The van der Waals surface area contributed by atoms with Crippen molar-refractivity contribution in [3.63, 3.8) is 0 Å². The van der Waals surface area contributed by atoms with E-state index < -0.39 is 0 Å². The highest BCUT2D eigenvalue weighted by atomic mass is 32.1. The number of aromatic nitrogens is 3. The van der Waals surface area contributed by atoms with Gasteiger partial charge in [0.1, 0.15) is 22.5 Å². The Hall–Kier alpha value is -1.69. The Kier molecular flexibility index (Phi) is 3.87. The first-order valence-electron chi connectivity index (χ1n) is 5.49. The number of rotatable bonds is 5. The summed E-state index contributed by atoms with van der Waals surface area (Å²) in [5, 5.41) is 9.30. The molecule has 2 N–H and O–H groups in total. The smallest absolute Gasteiger partial charge is 0.132 e. The molecule has 0 fully saturated rings. The molecule has 0 saturated heterocycles. The zero-order valence-corrected chi connectivity index (χ0v) is 10.7. The first-order chi connectivity index (χ1) is 8.31. The van der Waals surface area contributed by atoms with Crippen LogP contribution in [0, 0.1) is 0 Å². The zero-order valence-electron chi connectivity index (χ0n) is 9.90. The van der Waals surface area contributed by atoms with E-state index in [4.69, 9.17) is 0 Å². The SMILES string of the molecule is CCc1nc(NC)cc(NCc2nccs2)n1. The Bertz CT molecular complexity index is 446. The van der Waals surface area contributed by atoms with E-state index in [9.17, 15) is 0 Å². The molecule has 2 aromatic heterocycles. The van der Waals surface area contributed by atoms with Gasteiger partial charge in [0.15, 0.2) is 0 Å².